The molecule has 0 bridgehead atoms. The van der Waals surface area contributed by atoms with Crippen molar-refractivity contribution in [3.63, 3.8) is 0 Å². The molecule has 1 aliphatic rings. The van der Waals surface area contributed by atoms with Crippen LogP contribution in [0.5, 0.6) is 0 Å². The van der Waals surface area contributed by atoms with Gasteiger partial charge in [-0.05, 0) is 42.8 Å². The number of nitrogens with two attached hydrogens (primary N) is 1. The van der Waals surface area contributed by atoms with Crippen LogP contribution < -0.4 is 5.73 Å². The van der Waals surface area contributed by atoms with Gasteiger partial charge < -0.3 is 5.73 Å². The van der Waals surface area contributed by atoms with E-state index in [1.807, 2.05) is 12.3 Å². The zero-order chi connectivity index (χ0) is 12.6. The van der Waals surface area contributed by atoms with Crippen molar-refractivity contribution in [2.24, 2.45) is 5.73 Å². The van der Waals surface area contributed by atoms with Crippen molar-refractivity contribution in [3.8, 4) is 10.6 Å². The number of rotatable bonds is 3. The molecule has 0 radical (unpaired) electrons. The normalized spacial score (nSPS) is 17.4. The van der Waals surface area contributed by atoms with Gasteiger partial charge in [-0.1, -0.05) is 6.42 Å². The van der Waals surface area contributed by atoms with E-state index in [9.17, 15) is 0 Å². The fourth-order valence-corrected chi connectivity index (χ4v) is 3.40. The lowest BCUT2D eigenvalue weighted by atomic mass is 9.68. The topological polar surface area (TPSA) is 51.8 Å². The largest absolute Gasteiger partial charge is 0.329 e. The Morgan fingerprint density at radius 2 is 2.22 bits per heavy atom. The quantitative estimate of drug-likeness (QED) is 0.922. The summed E-state index contributed by atoms with van der Waals surface area (Å²) in [5.41, 5.74) is 8.28. The number of hydrogen-bond acceptors (Lipinski definition) is 4. The van der Waals surface area contributed by atoms with E-state index in [-0.39, 0.29) is 5.41 Å². The second kappa shape index (κ2) is 4.44. The van der Waals surface area contributed by atoms with Crippen LogP contribution in [0.25, 0.3) is 10.6 Å². The minimum Gasteiger partial charge on any atom is -0.329 e. The number of nitrogens with zero attached hydrogens (tertiary/aromatic N) is 2. The molecular formula is C14H17N3S. The summed E-state index contributed by atoms with van der Waals surface area (Å²) >= 11 is 1.73. The number of aryl methyl sites for hydroxylation is 1. The predicted molar refractivity (Wildman–Crippen MR) is 74.7 cm³/mol. The van der Waals surface area contributed by atoms with E-state index in [0.717, 1.165) is 24.4 Å². The lowest BCUT2D eigenvalue weighted by molar-refractivity contribution is 0.238. The van der Waals surface area contributed by atoms with Crippen LogP contribution in [0.15, 0.2) is 23.7 Å². The van der Waals surface area contributed by atoms with Crippen molar-refractivity contribution in [2.45, 2.75) is 31.6 Å². The monoisotopic (exact) mass is 259 g/mol. The van der Waals surface area contributed by atoms with Crippen molar-refractivity contribution in [1.29, 1.82) is 0 Å². The first kappa shape index (κ1) is 11.8. The zero-order valence-corrected chi connectivity index (χ0v) is 11.3. The van der Waals surface area contributed by atoms with E-state index < -0.39 is 0 Å². The molecular weight excluding hydrogens is 242 g/mol. The Morgan fingerprint density at radius 3 is 2.78 bits per heavy atom. The van der Waals surface area contributed by atoms with Gasteiger partial charge in [-0.2, -0.15) is 0 Å². The van der Waals surface area contributed by atoms with Gasteiger partial charge in [-0.25, -0.2) is 9.97 Å². The lowest BCUT2D eigenvalue weighted by Crippen LogP contribution is -2.43. The summed E-state index contributed by atoms with van der Waals surface area (Å²) in [5.74, 6) is 0.932. The molecule has 0 atom stereocenters. The van der Waals surface area contributed by atoms with Crippen molar-refractivity contribution < 1.29 is 0 Å². The molecule has 18 heavy (non-hydrogen) atoms. The van der Waals surface area contributed by atoms with Crippen molar-refractivity contribution in [2.75, 3.05) is 6.54 Å². The van der Waals surface area contributed by atoms with Gasteiger partial charge >= 0.3 is 0 Å². The molecule has 94 valence electrons. The third-order valence-electron chi connectivity index (χ3n) is 3.93. The first-order chi connectivity index (χ1) is 8.75. The van der Waals surface area contributed by atoms with Gasteiger partial charge in [0.1, 0.15) is 5.82 Å². The van der Waals surface area contributed by atoms with Crippen LogP contribution in [0.1, 0.15) is 30.7 Å². The first-order valence-electron chi connectivity index (χ1n) is 6.33. The molecule has 0 unspecified atom stereocenters. The van der Waals surface area contributed by atoms with Gasteiger partial charge in [0.25, 0.3) is 0 Å². The van der Waals surface area contributed by atoms with E-state index in [1.54, 1.807) is 11.3 Å². The molecule has 0 amide bonds. The highest BCUT2D eigenvalue weighted by molar-refractivity contribution is 7.13. The molecule has 3 rings (SSSR count). The molecule has 3 nitrogen and oxygen atoms in total. The summed E-state index contributed by atoms with van der Waals surface area (Å²) in [6.45, 7) is 2.77. The highest BCUT2D eigenvalue weighted by atomic mass is 32.1. The molecule has 0 spiro atoms. The Bertz CT molecular complexity index is 552. The zero-order valence-electron chi connectivity index (χ0n) is 10.5. The maximum Gasteiger partial charge on any atom is 0.136 e. The summed E-state index contributed by atoms with van der Waals surface area (Å²) < 4.78 is 0. The number of thiophene rings is 1. The second-order valence-electron chi connectivity index (χ2n) is 5.04. The molecule has 2 aromatic heterocycles. The standard InChI is InChI=1S/C14H17N3S/c1-10-4-8-18-12(10)11-3-7-16-13(17-11)14(9-15)5-2-6-14/h3-4,7-8H,2,5-6,9,15H2,1H3. The Morgan fingerprint density at radius 1 is 1.39 bits per heavy atom. The van der Waals surface area contributed by atoms with Crippen LogP contribution >= 0.6 is 11.3 Å². The molecule has 1 aliphatic carbocycles. The summed E-state index contributed by atoms with van der Waals surface area (Å²) in [6, 6.07) is 4.12. The van der Waals surface area contributed by atoms with Crippen molar-refractivity contribution in [1.82, 2.24) is 9.97 Å². The highest BCUT2D eigenvalue weighted by Crippen LogP contribution is 2.41. The smallest absolute Gasteiger partial charge is 0.136 e. The molecule has 4 heteroatoms. The van der Waals surface area contributed by atoms with Gasteiger partial charge in [0, 0.05) is 18.2 Å². The minimum absolute atomic E-state index is 0.0428. The molecule has 1 fully saturated rings. The van der Waals surface area contributed by atoms with Gasteiger partial charge in [0.15, 0.2) is 0 Å². The maximum absolute atomic E-state index is 5.92. The summed E-state index contributed by atoms with van der Waals surface area (Å²) in [6.07, 6.45) is 5.35. The van der Waals surface area contributed by atoms with Gasteiger partial charge in [-0.15, -0.1) is 11.3 Å². The third kappa shape index (κ3) is 1.76. The van der Waals surface area contributed by atoms with E-state index in [1.165, 1.54) is 16.9 Å². The Hall–Kier alpha value is -1.26. The summed E-state index contributed by atoms with van der Waals surface area (Å²) in [4.78, 5) is 10.5. The van der Waals surface area contributed by atoms with Crippen LogP contribution in [-0.2, 0) is 5.41 Å². The van der Waals surface area contributed by atoms with Crippen LogP contribution in [0.4, 0.5) is 0 Å². The molecule has 2 heterocycles. The summed E-state index contributed by atoms with van der Waals surface area (Å²) in [7, 11) is 0. The average molecular weight is 259 g/mol. The Balaban J connectivity index is 2.02. The SMILES string of the molecule is Cc1ccsc1-c1ccnc(C2(CN)CCC2)n1. The van der Waals surface area contributed by atoms with Crippen molar-refractivity contribution >= 4 is 11.3 Å². The third-order valence-corrected chi connectivity index (χ3v) is 4.97. The van der Waals surface area contributed by atoms with Crippen LogP contribution in [0, 0.1) is 6.92 Å². The van der Waals surface area contributed by atoms with Crippen LogP contribution in [-0.4, -0.2) is 16.5 Å². The molecule has 2 N–H and O–H groups in total. The maximum atomic E-state index is 5.92. The van der Waals surface area contributed by atoms with E-state index in [4.69, 9.17) is 10.7 Å². The lowest BCUT2D eigenvalue weighted by Gasteiger charge is -2.39. The Labute approximate surface area is 111 Å². The average Bonchev–Trinajstić information content (AvgIpc) is 2.75. The highest BCUT2D eigenvalue weighted by Gasteiger charge is 2.40. The van der Waals surface area contributed by atoms with Crippen molar-refractivity contribution in [3.05, 3.63) is 35.1 Å². The van der Waals surface area contributed by atoms with Crippen LogP contribution in [0.2, 0.25) is 0 Å². The first-order valence-corrected chi connectivity index (χ1v) is 7.21. The van der Waals surface area contributed by atoms with Crippen LogP contribution in [0.3, 0.4) is 0 Å². The molecule has 0 saturated heterocycles. The number of aromatic nitrogens is 2. The Kier molecular flexibility index (Phi) is 2.92. The summed E-state index contributed by atoms with van der Waals surface area (Å²) in [5, 5.41) is 2.11. The molecule has 0 aromatic carbocycles. The van der Waals surface area contributed by atoms with Gasteiger partial charge in [0.2, 0.25) is 0 Å². The van der Waals surface area contributed by atoms with E-state index >= 15 is 0 Å². The molecule has 1 saturated carbocycles. The molecule has 2 aromatic rings. The van der Waals surface area contributed by atoms with E-state index in [2.05, 4.69) is 23.4 Å². The van der Waals surface area contributed by atoms with Gasteiger partial charge in [0.05, 0.1) is 10.6 Å². The fraction of sp³-hybridized carbons (Fsp3) is 0.429. The molecule has 0 aliphatic heterocycles. The van der Waals surface area contributed by atoms with E-state index in [0.29, 0.717) is 6.54 Å². The minimum atomic E-state index is 0.0428. The second-order valence-corrected chi connectivity index (χ2v) is 5.95. The fourth-order valence-electron chi connectivity index (χ4n) is 2.50. The number of hydrogen-bond donors (Lipinski definition) is 1. The predicted octanol–water partition coefficient (Wildman–Crippen LogP) is 2.89. The van der Waals surface area contributed by atoms with Gasteiger partial charge in [-0.3, -0.25) is 0 Å².